The van der Waals surface area contributed by atoms with E-state index in [0.29, 0.717) is 24.7 Å². The number of unbranched alkanes of at least 4 members (excludes halogenated alkanes) is 2. The number of nitrogens with zero attached hydrogens (tertiary/aromatic N) is 4. The summed E-state index contributed by atoms with van der Waals surface area (Å²) in [7, 11) is 0. The van der Waals surface area contributed by atoms with Gasteiger partial charge < -0.3 is 0 Å². The number of benzene rings is 3. The summed E-state index contributed by atoms with van der Waals surface area (Å²) in [5.41, 5.74) is 6.73. The first kappa shape index (κ1) is 34.7. The van der Waals surface area contributed by atoms with Crippen molar-refractivity contribution in [1.82, 2.24) is 19.6 Å². The SMILES string of the molecule is CCCCC(CC)CC(=O)n1nc(-c2cccc(-c3cc(-c4ccccc4)n(C(=O)CC(CC)CCCC)n3)c2)cc1-c1ccccc1. The predicted molar refractivity (Wildman–Crippen MR) is 197 cm³/mol. The molecule has 2 atom stereocenters. The van der Waals surface area contributed by atoms with Crippen molar-refractivity contribution >= 4 is 11.8 Å². The van der Waals surface area contributed by atoms with Crippen molar-refractivity contribution in [3.63, 3.8) is 0 Å². The zero-order valence-corrected chi connectivity index (χ0v) is 29.1. The molecule has 0 aliphatic rings. The molecule has 0 aliphatic heterocycles. The van der Waals surface area contributed by atoms with Gasteiger partial charge in [-0.1, -0.05) is 145 Å². The van der Waals surface area contributed by atoms with E-state index >= 15 is 0 Å². The Hall–Kier alpha value is -4.58. The van der Waals surface area contributed by atoms with Crippen LogP contribution in [0.5, 0.6) is 0 Å². The molecule has 2 unspecified atom stereocenters. The molecule has 250 valence electrons. The minimum atomic E-state index is 0.0216. The fraction of sp³-hybridized carbons (Fsp3) is 0.381. The maximum Gasteiger partial charge on any atom is 0.247 e. The first-order chi connectivity index (χ1) is 23.4. The van der Waals surface area contributed by atoms with E-state index in [0.717, 1.165) is 96.4 Å². The first-order valence-electron chi connectivity index (χ1n) is 17.9. The van der Waals surface area contributed by atoms with Crippen molar-refractivity contribution in [2.45, 2.75) is 91.9 Å². The fourth-order valence-electron chi connectivity index (χ4n) is 6.44. The van der Waals surface area contributed by atoms with Crippen LogP contribution in [0.15, 0.2) is 97.1 Å². The van der Waals surface area contributed by atoms with Gasteiger partial charge in [0.1, 0.15) is 0 Å². The number of carbonyl (C=O) groups excluding carboxylic acids is 2. The lowest BCUT2D eigenvalue weighted by Crippen LogP contribution is -2.18. The van der Waals surface area contributed by atoms with Crippen LogP contribution in [0.2, 0.25) is 0 Å². The molecule has 6 heteroatoms. The minimum absolute atomic E-state index is 0.0216. The molecule has 5 aromatic rings. The Bertz CT molecular complexity index is 1640. The molecule has 0 N–H and O–H groups in total. The molecule has 0 bridgehead atoms. The van der Waals surface area contributed by atoms with Crippen LogP contribution in [0.3, 0.4) is 0 Å². The van der Waals surface area contributed by atoms with Gasteiger partial charge in [0.2, 0.25) is 11.8 Å². The highest BCUT2D eigenvalue weighted by Gasteiger charge is 2.22. The molecule has 6 nitrogen and oxygen atoms in total. The van der Waals surface area contributed by atoms with Crippen molar-refractivity contribution in [2.75, 3.05) is 0 Å². The number of carbonyl (C=O) groups is 2. The normalized spacial score (nSPS) is 12.6. The molecule has 0 saturated carbocycles. The fourth-order valence-corrected chi connectivity index (χ4v) is 6.44. The second-order valence-electron chi connectivity index (χ2n) is 13.0. The van der Waals surface area contributed by atoms with Gasteiger partial charge in [0.05, 0.1) is 22.8 Å². The van der Waals surface area contributed by atoms with Crippen molar-refractivity contribution < 1.29 is 9.59 Å². The summed E-state index contributed by atoms with van der Waals surface area (Å²) in [6.45, 7) is 8.71. The predicted octanol–water partition coefficient (Wildman–Crippen LogP) is 11.2. The minimum Gasteiger partial charge on any atom is -0.273 e. The number of hydrogen-bond donors (Lipinski definition) is 0. The van der Waals surface area contributed by atoms with E-state index in [4.69, 9.17) is 10.2 Å². The molecule has 0 spiro atoms. The van der Waals surface area contributed by atoms with Gasteiger partial charge in [0.15, 0.2) is 0 Å². The van der Waals surface area contributed by atoms with E-state index in [1.807, 2.05) is 91.0 Å². The maximum atomic E-state index is 13.8. The molecule has 3 aromatic carbocycles. The van der Waals surface area contributed by atoms with E-state index in [-0.39, 0.29) is 11.8 Å². The van der Waals surface area contributed by atoms with E-state index in [1.165, 1.54) is 0 Å². The average Bonchev–Trinajstić information content (AvgIpc) is 3.79. The van der Waals surface area contributed by atoms with Gasteiger partial charge >= 0.3 is 0 Å². The Labute approximate surface area is 286 Å². The van der Waals surface area contributed by atoms with Crippen molar-refractivity contribution in [2.24, 2.45) is 11.8 Å². The second kappa shape index (κ2) is 17.0. The smallest absolute Gasteiger partial charge is 0.247 e. The molecular weight excluding hydrogens is 592 g/mol. The average molecular weight is 643 g/mol. The molecule has 0 aliphatic carbocycles. The Balaban J connectivity index is 1.51. The lowest BCUT2D eigenvalue weighted by molar-refractivity contribution is 0.0853. The maximum absolute atomic E-state index is 13.8. The summed E-state index contributed by atoms with van der Waals surface area (Å²) in [4.78, 5) is 27.5. The van der Waals surface area contributed by atoms with Crippen LogP contribution in [0.4, 0.5) is 0 Å². The summed E-state index contributed by atoms with van der Waals surface area (Å²) >= 11 is 0. The monoisotopic (exact) mass is 642 g/mol. The largest absolute Gasteiger partial charge is 0.273 e. The van der Waals surface area contributed by atoms with Crippen LogP contribution in [-0.2, 0) is 0 Å². The van der Waals surface area contributed by atoms with Crippen LogP contribution < -0.4 is 0 Å². The van der Waals surface area contributed by atoms with Gasteiger partial charge in [0.25, 0.3) is 0 Å². The standard InChI is InChI=1S/C42H50N4O2/c1-5-9-18-31(7-3)26-41(47)45-39(33-20-13-11-14-21-33)29-37(43-45)35-24-17-25-36(28-35)38-30-40(34-22-15-12-16-23-34)46(44-38)42(48)27-32(8-4)19-10-6-2/h11-17,20-25,28-32H,5-10,18-19,26-27H2,1-4H3. The van der Waals surface area contributed by atoms with E-state index < -0.39 is 0 Å². The number of hydrogen-bond acceptors (Lipinski definition) is 4. The molecule has 2 aromatic heterocycles. The lowest BCUT2D eigenvalue weighted by Gasteiger charge is -2.14. The van der Waals surface area contributed by atoms with Gasteiger partial charge in [-0.15, -0.1) is 0 Å². The van der Waals surface area contributed by atoms with Crippen LogP contribution in [0.1, 0.15) is 101 Å². The van der Waals surface area contributed by atoms with Gasteiger partial charge in [-0.05, 0) is 42.9 Å². The molecule has 0 saturated heterocycles. The topological polar surface area (TPSA) is 69.8 Å². The van der Waals surface area contributed by atoms with Crippen LogP contribution in [0, 0.1) is 11.8 Å². The molecule has 48 heavy (non-hydrogen) atoms. The van der Waals surface area contributed by atoms with Gasteiger partial charge in [-0.2, -0.15) is 19.6 Å². The molecule has 2 heterocycles. The van der Waals surface area contributed by atoms with Crippen molar-refractivity contribution in [3.05, 3.63) is 97.1 Å². The van der Waals surface area contributed by atoms with Crippen LogP contribution >= 0.6 is 0 Å². The first-order valence-corrected chi connectivity index (χ1v) is 17.9. The summed E-state index contributed by atoms with van der Waals surface area (Å²) in [6.07, 6.45) is 9.49. The number of rotatable bonds is 16. The molecule has 5 rings (SSSR count). The highest BCUT2D eigenvalue weighted by molar-refractivity contribution is 5.87. The van der Waals surface area contributed by atoms with Gasteiger partial charge in [-0.3, -0.25) is 9.59 Å². The number of aromatic nitrogens is 4. The highest BCUT2D eigenvalue weighted by atomic mass is 16.2. The van der Waals surface area contributed by atoms with E-state index in [9.17, 15) is 9.59 Å². The quantitative estimate of drug-likeness (QED) is 0.107. The molecule has 0 fully saturated rings. The second-order valence-corrected chi connectivity index (χ2v) is 13.0. The van der Waals surface area contributed by atoms with Crippen molar-refractivity contribution in [3.8, 4) is 45.0 Å². The molecular formula is C42H50N4O2. The third-order valence-corrected chi connectivity index (χ3v) is 9.50. The van der Waals surface area contributed by atoms with Gasteiger partial charge in [0, 0.05) is 35.1 Å². The van der Waals surface area contributed by atoms with Crippen molar-refractivity contribution in [1.29, 1.82) is 0 Å². The van der Waals surface area contributed by atoms with E-state index in [1.54, 1.807) is 9.36 Å². The molecule has 0 amide bonds. The third kappa shape index (κ3) is 8.46. The highest BCUT2D eigenvalue weighted by Crippen LogP contribution is 2.32. The Morgan fingerprint density at radius 3 is 1.31 bits per heavy atom. The van der Waals surface area contributed by atoms with E-state index in [2.05, 4.69) is 33.8 Å². The Morgan fingerprint density at radius 2 is 0.938 bits per heavy atom. The lowest BCUT2D eigenvalue weighted by atomic mass is 9.95. The van der Waals surface area contributed by atoms with Crippen LogP contribution in [-0.4, -0.2) is 31.4 Å². The summed E-state index contributed by atoms with van der Waals surface area (Å²) in [6, 6.07) is 32.1. The summed E-state index contributed by atoms with van der Waals surface area (Å²) in [5.74, 6) is 0.724. The third-order valence-electron chi connectivity index (χ3n) is 9.50. The van der Waals surface area contributed by atoms with Gasteiger partial charge in [-0.25, -0.2) is 0 Å². The zero-order chi connectivity index (χ0) is 33.9. The Morgan fingerprint density at radius 1 is 0.542 bits per heavy atom. The van der Waals surface area contributed by atoms with Crippen LogP contribution in [0.25, 0.3) is 45.0 Å². The Kier molecular flexibility index (Phi) is 12.3. The zero-order valence-electron chi connectivity index (χ0n) is 29.1. The molecule has 0 radical (unpaired) electrons. The summed E-state index contributed by atoms with van der Waals surface area (Å²) < 4.78 is 3.21. The summed E-state index contributed by atoms with van der Waals surface area (Å²) in [5, 5.41) is 9.82.